The molecule has 120 valence electrons. The smallest absolute Gasteiger partial charge is 0.0722 e. The van der Waals surface area contributed by atoms with Crippen molar-refractivity contribution in [1.29, 1.82) is 0 Å². The zero-order chi connectivity index (χ0) is 15.7. The summed E-state index contributed by atoms with van der Waals surface area (Å²) in [5, 5.41) is 18.2. The molecule has 2 atom stereocenters. The molecule has 0 saturated heterocycles. The lowest BCUT2D eigenvalue weighted by molar-refractivity contribution is 0.0981. The van der Waals surface area contributed by atoms with Crippen LogP contribution in [0.3, 0.4) is 0 Å². The van der Waals surface area contributed by atoms with Gasteiger partial charge in [0.25, 0.3) is 0 Å². The topological polar surface area (TPSA) is 50.1 Å². The van der Waals surface area contributed by atoms with Crippen molar-refractivity contribution in [3.8, 4) is 0 Å². The van der Waals surface area contributed by atoms with Crippen molar-refractivity contribution in [2.24, 2.45) is 13.0 Å². The van der Waals surface area contributed by atoms with Crippen molar-refractivity contribution in [2.45, 2.75) is 70.9 Å². The van der Waals surface area contributed by atoms with E-state index in [0.29, 0.717) is 5.92 Å². The van der Waals surface area contributed by atoms with E-state index >= 15 is 0 Å². The summed E-state index contributed by atoms with van der Waals surface area (Å²) in [6.07, 6.45) is 6.72. The molecule has 0 radical (unpaired) electrons. The van der Waals surface area contributed by atoms with Gasteiger partial charge in [-0.05, 0) is 18.8 Å². The summed E-state index contributed by atoms with van der Waals surface area (Å²) in [6.45, 7) is 9.89. The number of nitrogens with zero attached hydrogens (tertiary/aromatic N) is 2. The minimum atomic E-state index is -0.108. The second-order valence-electron chi connectivity index (χ2n) is 7.92. The van der Waals surface area contributed by atoms with Crippen LogP contribution in [0.4, 0.5) is 0 Å². The van der Waals surface area contributed by atoms with E-state index in [1.54, 1.807) is 0 Å². The minimum absolute atomic E-state index is 0.0461. The molecule has 2 N–H and O–H groups in total. The largest absolute Gasteiger partial charge is 0.394 e. The van der Waals surface area contributed by atoms with Crippen molar-refractivity contribution in [1.82, 2.24) is 15.1 Å². The molecule has 0 aromatic carbocycles. The molecule has 0 amide bonds. The fraction of sp³-hybridized carbons (Fsp3) is 0.824. The Hall–Kier alpha value is -0.870. The van der Waals surface area contributed by atoms with Gasteiger partial charge in [-0.3, -0.25) is 4.68 Å². The predicted molar refractivity (Wildman–Crippen MR) is 86.2 cm³/mol. The Morgan fingerprint density at radius 3 is 2.76 bits per heavy atom. The molecule has 0 spiro atoms. The average molecular weight is 293 g/mol. The first-order chi connectivity index (χ1) is 9.76. The Labute approximate surface area is 128 Å². The number of nitrogens with one attached hydrogen (secondary N) is 1. The Morgan fingerprint density at radius 2 is 2.19 bits per heavy atom. The molecule has 0 bridgehead atoms. The van der Waals surface area contributed by atoms with Gasteiger partial charge < -0.3 is 10.4 Å². The standard InChI is InChI=1S/C17H31N3O/c1-13-7-6-8-17(9-13,12-21)18-10-14-11-20(5)19-15(14)16(2,3)4/h11,13,18,21H,6-10,12H2,1-5H3. The van der Waals surface area contributed by atoms with Gasteiger partial charge in [0.2, 0.25) is 0 Å². The zero-order valence-corrected chi connectivity index (χ0v) is 14.2. The average Bonchev–Trinajstić information content (AvgIpc) is 2.78. The van der Waals surface area contributed by atoms with Crippen LogP contribution in [0.5, 0.6) is 0 Å². The molecule has 2 unspecified atom stereocenters. The Kier molecular flexibility index (Phi) is 4.79. The van der Waals surface area contributed by atoms with Crippen molar-refractivity contribution in [3.63, 3.8) is 0 Å². The molecule has 21 heavy (non-hydrogen) atoms. The van der Waals surface area contributed by atoms with Crippen LogP contribution in [0.15, 0.2) is 6.20 Å². The maximum atomic E-state index is 9.89. The van der Waals surface area contributed by atoms with Gasteiger partial charge in [-0.2, -0.15) is 5.10 Å². The van der Waals surface area contributed by atoms with E-state index in [-0.39, 0.29) is 17.6 Å². The monoisotopic (exact) mass is 293 g/mol. The highest BCUT2D eigenvalue weighted by molar-refractivity contribution is 5.24. The lowest BCUT2D eigenvalue weighted by Gasteiger charge is -2.39. The summed E-state index contributed by atoms with van der Waals surface area (Å²) >= 11 is 0. The first-order valence-electron chi connectivity index (χ1n) is 8.15. The van der Waals surface area contributed by atoms with Crippen LogP contribution < -0.4 is 5.32 Å². The molecule has 2 rings (SSSR count). The molecule has 1 aromatic heterocycles. The van der Waals surface area contributed by atoms with Crippen molar-refractivity contribution < 1.29 is 5.11 Å². The zero-order valence-electron chi connectivity index (χ0n) is 14.2. The third-order valence-electron chi connectivity index (χ3n) is 4.66. The van der Waals surface area contributed by atoms with Crippen LogP contribution in [-0.4, -0.2) is 27.0 Å². The lowest BCUT2D eigenvalue weighted by atomic mass is 9.76. The van der Waals surface area contributed by atoms with Gasteiger partial charge in [-0.15, -0.1) is 0 Å². The Morgan fingerprint density at radius 1 is 1.48 bits per heavy atom. The van der Waals surface area contributed by atoms with E-state index in [1.165, 1.54) is 18.4 Å². The summed E-state index contributed by atoms with van der Waals surface area (Å²) in [5.41, 5.74) is 2.33. The summed E-state index contributed by atoms with van der Waals surface area (Å²) in [5.74, 6) is 0.689. The molecular formula is C17H31N3O. The van der Waals surface area contributed by atoms with Crippen LogP contribution in [0, 0.1) is 5.92 Å². The number of aryl methyl sites for hydroxylation is 1. The lowest BCUT2D eigenvalue weighted by Crippen LogP contribution is -2.51. The van der Waals surface area contributed by atoms with Gasteiger partial charge >= 0.3 is 0 Å². The van der Waals surface area contributed by atoms with Crippen molar-refractivity contribution >= 4 is 0 Å². The highest BCUT2D eigenvalue weighted by Crippen LogP contribution is 2.33. The number of aliphatic hydroxyl groups excluding tert-OH is 1. The molecule has 1 heterocycles. The third kappa shape index (κ3) is 3.86. The molecule has 4 nitrogen and oxygen atoms in total. The van der Waals surface area contributed by atoms with Gasteiger partial charge in [0.15, 0.2) is 0 Å². The highest BCUT2D eigenvalue weighted by Gasteiger charge is 2.34. The van der Waals surface area contributed by atoms with Crippen LogP contribution in [0.1, 0.15) is 64.6 Å². The third-order valence-corrected chi connectivity index (χ3v) is 4.66. The molecule has 1 aromatic rings. The van der Waals surface area contributed by atoms with Gasteiger partial charge in [0.05, 0.1) is 12.3 Å². The maximum absolute atomic E-state index is 9.89. The van der Waals surface area contributed by atoms with E-state index in [9.17, 15) is 5.11 Å². The van der Waals surface area contributed by atoms with E-state index < -0.39 is 0 Å². The van der Waals surface area contributed by atoms with E-state index in [0.717, 1.165) is 25.1 Å². The summed E-state index contributed by atoms with van der Waals surface area (Å²) in [4.78, 5) is 0. The second kappa shape index (κ2) is 6.09. The number of aliphatic hydroxyl groups is 1. The minimum Gasteiger partial charge on any atom is -0.394 e. The molecule has 4 heteroatoms. The normalized spacial score (nSPS) is 27.0. The van der Waals surface area contributed by atoms with Crippen LogP contribution in [0.25, 0.3) is 0 Å². The molecule has 1 saturated carbocycles. The van der Waals surface area contributed by atoms with Crippen molar-refractivity contribution in [3.05, 3.63) is 17.5 Å². The first kappa shape index (κ1) is 16.5. The molecular weight excluding hydrogens is 262 g/mol. The predicted octanol–water partition coefficient (Wildman–Crippen LogP) is 2.75. The van der Waals surface area contributed by atoms with Gasteiger partial charge in [0, 0.05) is 36.3 Å². The summed E-state index contributed by atoms with van der Waals surface area (Å²) in [6, 6.07) is 0. The number of rotatable bonds is 4. The van der Waals surface area contributed by atoms with Gasteiger partial charge in [-0.25, -0.2) is 0 Å². The molecule has 0 aliphatic heterocycles. The Bertz CT molecular complexity index is 475. The SMILES string of the molecule is CC1CCCC(CO)(NCc2cn(C)nc2C(C)(C)C)C1. The summed E-state index contributed by atoms with van der Waals surface area (Å²) in [7, 11) is 1.98. The van der Waals surface area contributed by atoms with Gasteiger partial charge in [0.1, 0.15) is 0 Å². The number of hydrogen-bond donors (Lipinski definition) is 2. The van der Waals surface area contributed by atoms with E-state index in [1.807, 2.05) is 11.7 Å². The van der Waals surface area contributed by atoms with E-state index in [4.69, 9.17) is 0 Å². The molecule has 1 fully saturated rings. The van der Waals surface area contributed by atoms with Crippen LogP contribution in [0.2, 0.25) is 0 Å². The number of hydrogen-bond acceptors (Lipinski definition) is 3. The molecule has 1 aliphatic rings. The maximum Gasteiger partial charge on any atom is 0.0722 e. The fourth-order valence-electron chi connectivity index (χ4n) is 3.60. The van der Waals surface area contributed by atoms with E-state index in [2.05, 4.69) is 44.3 Å². The fourth-order valence-corrected chi connectivity index (χ4v) is 3.60. The quantitative estimate of drug-likeness (QED) is 0.897. The second-order valence-corrected chi connectivity index (χ2v) is 7.92. The Balaban J connectivity index is 2.12. The number of aromatic nitrogens is 2. The molecule has 1 aliphatic carbocycles. The first-order valence-corrected chi connectivity index (χ1v) is 8.15. The highest BCUT2D eigenvalue weighted by atomic mass is 16.3. The summed E-state index contributed by atoms with van der Waals surface area (Å²) < 4.78 is 1.90. The van der Waals surface area contributed by atoms with Crippen LogP contribution in [-0.2, 0) is 19.0 Å². The van der Waals surface area contributed by atoms with Gasteiger partial charge in [-0.1, -0.05) is 40.5 Å². The van der Waals surface area contributed by atoms with Crippen molar-refractivity contribution in [2.75, 3.05) is 6.61 Å². The van der Waals surface area contributed by atoms with Crippen LogP contribution >= 0.6 is 0 Å².